The summed E-state index contributed by atoms with van der Waals surface area (Å²) in [5.41, 5.74) is 1.72. The SMILES string of the molecule is CC(C)(C)OC(=O)NC1CCc2c(c3ccc(Br)cc3n2C(=O)OC(C)(C)C)C1. The monoisotopic (exact) mass is 464 g/mol. The largest absolute Gasteiger partial charge is 0.444 e. The van der Waals surface area contributed by atoms with Crippen LogP contribution < -0.4 is 5.32 Å². The molecule has 7 heteroatoms. The summed E-state index contributed by atoms with van der Waals surface area (Å²) in [5, 5.41) is 3.98. The molecule has 1 heterocycles. The van der Waals surface area contributed by atoms with Gasteiger partial charge in [-0.15, -0.1) is 0 Å². The van der Waals surface area contributed by atoms with Crippen LogP contribution in [0.5, 0.6) is 0 Å². The molecular formula is C22H29BrN2O4. The Bertz CT molecular complexity index is 950. The molecular weight excluding hydrogens is 436 g/mol. The molecule has 1 aromatic heterocycles. The normalized spacial score (nSPS) is 17.0. The van der Waals surface area contributed by atoms with Crippen LogP contribution >= 0.6 is 15.9 Å². The number of alkyl carbamates (subject to hydrolysis) is 1. The maximum absolute atomic E-state index is 13.0. The number of amides is 1. The minimum Gasteiger partial charge on any atom is -0.444 e. The zero-order valence-corrected chi connectivity index (χ0v) is 19.5. The number of aromatic nitrogens is 1. The molecule has 1 atom stereocenters. The number of fused-ring (bicyclic) bond motifs is 3. The lowest BCUT2D eigenvalue weighted by atomic mass is 9.91. The van der Waals surface area contributed by atoms with Gasteiger partial charge in [-0.05, 0) is 78.5 Å². The van der Waals surface area contributed by atoms with Crippen molar-refractivity contribution in [1.29, 1.82) is 0 Å². The van der Waals surface area contributed by atoms with E-state index in [1.54, 1.807) is 4.57 Å². The fraction of sp³-hybridized carbons (Fsp3) is 0.545. The zero-order chi connectivity index (χ0) is 21.6. The summed E-state index contributed by atoms with van der Waals surface area (Å²) >= 11 is 3.50. The van der Waals surface area contributed by atoms with Gasteiger partial charge >= 0.3 is 12.2 Å². The number of ether oxygens (including phenoxy) is 2. The Kier molecular flexibility index (Phi) is 5.73. The Morgan fingerprint density at radius 3 is 2.38 bits per heavy atom. The second kappa shape index (κ2) is 7.67. The van der Waals surface area contributed by atoms with Crippen molar-refractivity contribution < 1.29 is 19.1 Å². The van der Waals surface area contributed by atoms with Crippen molar-refractivity contribution in [2.45, 2.75) is 78.0 Å². The lowest BCUT2D eigenvalue weighted by Crippen LogP contribution is -2.42. The van der Waals surface area contributed by atoms with E-state index in [4.69, 9.17) is 9.47 Å². The van der Waals surface area contributed by atoms with E-state index in [1.165, 1.54) is 0 Å². The van der Waals surface area contributed by atoms with E-state index in [2.05, 4.69) is 21.2 Å². The van der Waals surface area contributed by atoms with Crippen LogP contribution in [0.1, 0.15) is 59.2 Å². The first kappa shape index (κ1) is 21.7. The second-order valence-corrected chi connectivity index (χ2v) is 10.4. The van der Waals surface area contributed by atoms with Crippen LogP contribution in [0.4, 0.5) is 9.59 Å². The van der Waals surface area contributed by atoms with Crippen molar-refractivity contribution in [2.75, 3.05) is 0 Å². The lowest BCUT2D eigenvalue weighted by Gasteiger charge is -2.27. The highest BCUT2D eigenvalue weighted by molar-refractivity contribution is 9.10. The highest BCUT2D eigenvalue weighted by atomic mass is 79.9. The molecule has 0 fully saturated rings. The van der Waals surface area contributed by atoms with Gasteiger partial charge in [-0.3, -0.25) is 0 Å². The third-order valence-electron chi connectivity index (χ3n) is 4.62. The Morgan fingerprint density at radius 2 is 1.76 bits per heavy atom. The van der Waals surface area contributed by atoms with Gasteiger partial charge in [0.25, 0.3) is 0 Å². The Balaban J connectivity index is 1.94. The molecule has 1 aromatic carbocycles. The van der Waals surface area contributed by atoms with E-state index in [0.717, 1.165) is 33.1 Å². The molecule has 0 saturated carbocycles. The summed E-state index contributed by atoms with van der Waals surface area (Å²) in [6.45, 7) is 11.1. The molecule has 1 amide bonds. The fourth-order valence-electron chi connectivity index (χ4n) is 3.64. The highest BCUT2D eigenvalue weighted by Crippen LogP contribution is 2.34. The van der Waals surface area contributed by atoms with Crippen LogP contribution in [0.3, 0.4) is 0 Å². The average Bonchev–Trinajstić information content (AvgIpc) is 2.84. The first-order valence-electron chi connectivity index (χ1n) is 9.88. The first-order valence-corrected chi connectivity index (χ1v) is 10.7. The van der Waals surface area contributed by atoms with Gasteiger partial charge in [0.05, 0.1) is 5.52 Å². The number of rotatable bonds is 1. The molecule has 158 valence electrons. The third-order valence-corrected chi connectivity index (χ3v) is 5.11. The molecule has 2 aromatic rings. The number of hydrogen-bond donors (Lipinski definition) is 1. The highest BCUT2D eigenvalue weighted by Gasteiger charge is 2.31. The maximum atomic E-state index is 13.0. The van der Waals surface area contributed by atoms with Crippen molar-refractivity contribution >= 4 is 39.0 Å². The van der Waals surface area contributed by atoms with Crippen LogP contribution in [-0.2, 0) is 22.3 Å². The van der Waals surface area contributed by atoms with Gasteiger partial charge in [0.1, 0.15) is 11.2 Å². The number of carbonyl (C=O) groups is 2. The second-order valence-electron chi connectivity index (χ2n) is 9.49. The van der Waals surface area contributed by atoms with E-state index in [9.17, 15) is 9.59 Å². The van der Waals surface area contributed by atoms with Crippen LogP contribution in [0.2, 0.25) is 0 Å². The number of nitrogens with zero attached hydrogens (tertiary/aromatic N) is 1. The van der Waals surface area contributed by atoms with Gasteiger partial charge in [0, 0.05) is 21.6 Å². The zero-order valence-electron chi connectivity index (χ0n) is 17.9. The van der Waals surface area contributed by atoms with E-state index in [0.29, 0.717) is 12.8 Å². The van der Waals surface area contributed by atoms with E-state index >= 15 is 0 Å². The first-order chi connectivity index (χ1) is 13.3. The number of hydrogen-bond acceptors (Lipinski definition) is 4. The van der Waals surface area contributed by atoms with Crippen molar-refractivity contribution in [2.24, 2.45) is 0 Å². The van der Waals surface area contributed by atoms with Gasteiger partial charge in [0.15, 0.2) is 0 Å². The van der Waals surface area contributed by atoms with Crippen LogP contribution in [0.25, 0.3) is 10.9 Å². The molecule has 0 spiro atoms. The molecule has 1 aliphatic carbocycles. The van der Waals surface area contributed by atoms with Gasteiger partial charge in [-0.2, -0.15) is 0 Å². The quantitative estimate of drug-likeness (QED) is 0.598. The van der Waals surface area contributed by atoms with Gasteiger partial charge in [-0.1, -0.05) is 22.0 Å². The Hall–Kier alpha value is -2.02. The molecule has 0 saturated heterocycles. The van der Waals surface area contributed by atoms with Gasteiger partial charge in [-0.25, -0.2) is 14.2 Å². The maximum Gasteiger partial charge on any atom is 0.419 e. The molecule has 1 N–H and O–H groups in total. The third kappa shape index (κ3) is 5.13. The molecule has 1 unspecified atom stereocenters. The van der Waals surface area contributed by atoms with Crippen molar-refractivity contribution in [3.63, 3.8) is 0 Å². The van der Waals surface area contributed by atoms with Gasteiger partial charge in [0.2, 0.25) is 0 Å². The molecule has 0 radical (unpaired) electrons. The molecule has 0 aliphatic heterocycles. The summed E-state index contributed by atoms with van der Waals surface area (Å²) in [5.74, 6) is 0. The minimum atomic E-state index is -0.581. The standard InChI is InChI=1S/C22H29BrN2O4/c1-21(2,3)28-19(26)24-14-8-10-17-16(12-14)15-9-7-13(23)11-18(15)25(17)20(27)29-22(4,5)6/h7,9,11,14H,8,10,12H2,1-6H3,(H,24,26). The number of benzene rings is 1. The molecule has 1 aliphatic rings. The van der Waals surface area contributed by atoms with E-state index in [-0.39, 0.29) is 12.1 Å². The molecule has 3 rings (SSSR count). The number of carbonyl (C=O) groups excluding carboxylic acids is 2. The van der Waals surface area contributed by atoms with Crippen molar-refractivity contribution in [1.82, 2.24) is 9.88 Å². The van der Waals surface area contributed by atoms with Crippen LogP contribution in [0.15, 0.2) is 22.7 Å². The summed E-state index contributed by atoms with van der Waals surface area (Å²) < 4.78 is 13.6. The summed E-state index contributed by atoms with van der Waals surface area (Å²) in [6, 6.07) is 5.87. The molecule has 6 nitrogen and oxygen atoms in total. The predicted octanol–water partition coefficient (Wildman–Crippen LogP) is 5.57. The predicted molar refractivity (Wildman–Crippen MR) is 116 cm³/mol. The fourth-order valence-corrected chi connectivity index (χ4v) is 3.99. The molecule has 29 heavy (non-hydrogen) atoms. The van der Waals surface area contributed by atoms with Crippen LogP contribution in [-0.4, -0.2) is 34.0 Å². The Morgan fingerprint density at radius 1 is 1.10 bits per heavy atom. The average molecular weight is 465 g/mol. The lowest BCUT2D eigenvalue weighted by molar-refractivity contribution is 0.0490. The minimum absolute atomic E-state index is 0.0429. The molecule has 0 bridgehead atoms. The summed E-state index contributed by atoms with van der Waals surface area (Å²) in [7, 11) is 0. The van der Waals surface area contributed by atoms with E-state index < -0.39 is 17.3 Å². The smallest absolute Gasteiger partial charge is 0.419 e. The van der Waals surface area contributed by atoms with E-state index in [1.807, 2.05) is 59.7 Å². The van der Waals surface area contributed by atoms with Crippen molar-refractivity contribution in [3.05, 3.63) is 33.9 Å². The summed E-state index contributed by atoms with van der Waals surface area (Å²) in [6.07, 6.45) is 1.25. The summed E-state index contributed by atoms with van der Waals surface area (Å²) in [4.78, 5) is 25.2. The number of nitrogens with one attached hydrogen (secondary N) is 1. The number of halogens is 1. The van der Waals surface area contributed by atoms with Crippen molar-refractivity contribution in [3.8, 4) is 0 Å². The Labute approximate surface area is 180 Å². The van der Waals surface area contributed by atoms with Crippen LogP contribution in [0, 0.1) is 0 Å². The van der Waals surface area contributed by atoms with Gasteiger partial charge < -0.3 is 14.8 Å². The topological polar surface area (TPSA) is 69.6 Å².